The molecular weight excluding hydrogens is 658 g/mol. The minimum Gasteiger partial charge on any atom is -0.504 e. The Labute approximate surface area is 236 Å². The number of nitrogens with zero attached hydrogens (tertiary/aromatic N) is 3. The van der Waals surface area contributed by atoms with Crippen LogP contribution in [0.2, 0.25) is 0 Å². The second-order valence-corrected chi connectivity index (χ2v) is 11.0. The Balaban J connectivity index is 0.00000280. The van der Waals surface area contributed by atoms with Gasteiger partial charge in [0.1, 0.15) is 5.06 Å². The Morgan fingerprint density at radius 2 is 1.70 bits per heavy atom. The molecule has 0 amide bonds. The van der Waals surface area contributed by atoms with Crippen molar-refractivity contribution in [2.45, 2.75) is 26.2 Å². The Morgan fingerprint density at radius 1 is 0.919 bits per heavy atom. The van der Waals surface area contributed by atoms with Crippen LogP contribution in [0.4, 0.5) is 17.1 Å². The molecule has 190 valence electrons. The Morgan fingerprint density at radius 3 is 2.51 bits per heavy atom. The van der Waals surface area contributed by atoms with Gasteiger partial charge in [-0.3, -0.25) is 4.98 Å². The predicted molar refractivity (Wildman–Crippen MR) is 149 cm³/mol. The second-order valence-electron chi connectivity index (χ2n) is 9.96. The first-order valence-corrected chi connectivity index (χ1v) is 12.8. The molecule has 6 heteroatoms. The van der Waals surface area contributed by atoms with Crippen molar-refractivity contribution in [1.29, 1.82) is 0 Å². The zero-order chi connectivity index (χ0) is 24.9. The van der Waals surface area contributed by atoms with Gasteiger partial charge in [0.15, 0.2) is 0 Å². The SMILES string of the molecule is CN1[CH-]N(c2[c-]c(Oc3[c-]c4c(-c5cc(C(C)(C)C)ccn5)cccc4s3)ccc2)c2ccccc21.[Pt]. The van der Waals surface area contributed by atoms with E-state index >= 15 is 0 Å². The van der Waals surface area contributed by atoms with E-state index in [0.29, 0.717) is 10.8 Å². The molecule has 3 heterocycles. The summed E-state index contributed by atoms with van der Waals surface area (Å²) in [5.74, 6) is 0.658. The summed E-state index contributed by atoms with van der Waals surface area (Å²) in [6.45, 7) is 8.72. The third-order valence-corrected chi connectivity index (χ3v) is 7.31. The standard InChI is InChI=1S/C31H26N3OS.Pt/c1-31(2,3)21-15-16-32-26(17-21)24-11-8-14-29-25(24)19-30(36-29)35-23-10-7-9-22(18-23)34-20-33(4)27-12-5-6-13-28(27)34;/h5-17,20H,1-4H3;/q-3;. The van der Waals surface area contributed by atoms with E-state index in [9.17, 15) is 0 Å². The van der Waals surface area contributed by atoms with Gasteiger partial charge in [-0.15, -0.1) is 47.6 Å². The van der Waals surface area contributed by atoms with Gasteiger partial charge in [-0.25, -0.2) is 0 Å². The maximum atomic E-state index is 6.28. The predicted octanol–water partition coefficient (Wildman–Crippen LogP) is 8.36. The molecule has 5 aromatic rings. The van der Waals surface area contributed by atoms with E-state index in [1.54, 1.807) is 11.3 Å². The van der Waals surface area contributed by atoms with Crippen molar-refractivity contribution >= 4 is 38.5 Å². The summed E-state index contributed by atoms with van der Waals surface area (Å²) in [5.41, 5.74) is 6.54. The Kier molecular flexibility index (Phi) is 6.87. The van der Waals surface area contributed by atoms with E-state index in [0.717, 1.165) is 38.4 Å². The number of ether oxygens (including phenoxy) is 1. The molecule has 6 rings (SSSR count). The van der Waals surface area contributed by atoms with Crippen LogP contribution < -0.4 is 14.5 Å². The van der Waals surface area contributed by atoms with E-state index in [1.807, 2.05) is 24.4 Å². The molecule has 0 unspecified atom stereocenters. The molecule has 0 spiro atoms. The van der Waals surface area contributed by atoms with Crippen molar-refractivity contribution < 1.29 is 25.8 Å². The number of benzene rings is 3. The van der Waals surface area contributed by atoms with Crippen LogP contribution in [-0.4, -0.2) is 12.0 Å². The third-order valence-electron chi connectivity index (χ3n) is 6.38. The van der Waals surface area contributed by atoms with Crippen molar-refractivity contribution in [2.24, 2.45) is 0 Å². The van der Waals surface area contributed by atoms with E-state index in [2.05, 4.69) is 116 Å². The maximum absolute atomic E-state index is 6.28. The van der Waals surface area contributed by atoms with Gasteiger partial charge < -0.3 is 14.5 Å². The topological polar surface area (TPSA) is 28.6 Å². The molecule has 37 heavy (non-hydrogen) atoms. The van der Waals surface area contributed by atoms with Crippen molar-refractivity contribution in [2.75, 3.05) is 16.8 Å². The number of thiophene rings is 1. The van der Waals surface area contributed by atoms with Crippen molar-refractivity contribution in [1.82, 2.24) is 4.98 Å². The smallest absolute Gasteiger partial charge is 0.107 e. The summed E-state index contributed by atoms with van der Waals surface area (Å²) in [4.78, 5) is 8.91. The third kappa shape index (κ3) is 4.91. The number of fused-ring (bicyclic) bond motifs is 2. The van der Waals surface area contributed by atoms with Crippen molar-refractivity contribution in [3.05, 3.63) is 103 Å². The summed E-state index contributed by atoms with van der Waals surface area (Å²) in [5, 5.41) is 1.73. The number of hydrogen-bond acceptors (Lipinski definition) is 5. The molecule has 0 fully saturated rings. The average Bonchev–Trinajstić information content (AvgIpc) is 3.44. The van der Waals surface area contributed by atoms with E-state index < -0.39 is 0 Å². The number of para-hydroxylation sites is 2. The fourth-order valence-electron chi connectivity index (χ4n) is 4.47. The molecule has 1 aliphatic heterocycles. The summed E-state index contributed by atoms with van der Waals surface area (Å²) in [6.07, 6.45) is 1.89. The fourth-order valence-corrected chi connectivity index (χ4v) is 5.36. The number of pyridine rings is 1. The number of aromatic nitrogens is 1. The van der Waals surface area contributed by atoms with Gasteiger partial charge in [0.05, 0.1) is 0 Å². The van der Waals surface area contributed by atoms with E-state index in [4.69, 9.17) is 4.74 Å². The molecule has 0 saturated carbocycles. The molecule has 4 nitrogen and oxygen atoms in total. The van der Waals surface area contributed by atoms with Crippen LogP contribution in [0.1, 0.15) is 26.3 Å². The van der Waals surface area contributed by atoms with Crippen LogP contribution in [0.25, 0.3) is 21.3 Å². The van der Waals surface area contributed by atoms with Gasteiger partial charge >= 0.3 is 0 Å². The minimum atomic E-state index is 0. The van der Waals surface area contributed by atoms with Gasteiger partial charge in [-0.05, 0) is 42.3 Å². The molecule has 0 atom stereocenters. The molecule has 0 radical (unpaired) electrons. The molecule has 2 aromatic heterocycles. The fraction of sp³-hybridized carbons (Fsp3) is 0.161. The van der Waals surface area contributed by atoms with Crippen molar-refractivity contribution in [3.63, 3.8) is 0 Å². The largest absolute Gasteiger partial charge is 0.504 e. The number of hydrogen-bond donors (Lipinski definition) is 0. The summed E-state index contributed by atoms with van der Waals surface area (Å²) in [6, 6.07) is 31.8. The van der Waals surface area contributed by atoms with Gasteiger partial charge in [0.25, 0.3) is 0 Å². The Bertz CT molecular complexity index is 1570. The first-order valence-electron chi connectivity index (χ1n) is 11.9. The average molecular weight is 684 g/mol. The molecule has 1 aliphatic rings. The summed E-state index contributed by atoms with van der Waals surface area (Å²) >= 11 is 1.58. The first kappa shape index (κ1) is 25.5. The maximum Gasteiger partial charge on any atom is 0.107 e. The zero-order valence-corrected chi connectivity index (χ0v) is 24.1. The van der Waals surface area contributed by atoms with Crippen LogP contribution in [0.3, 0.4) is 0 Å². The molecular formula is C31H26N3OPtS-3. The van der Waals surface area contributed by atoms with Gasteiger partial charge in [0.2, 0.25) is 0 Å². The van der Waals surface area contributed by atoms with Crippen LogP contribution in [0.15, 0.2) is 79.0 Å². The zero-order valence-electron chi connectivity index (χ0n) is 21.1. The first-order chi connectivity index (χ1) is 17.4. The van der Waals surface area contributed by atoms with Gasteiger partial charge in [0, 0.05) is 50.1 Å². The van der Waals surface area contributed by atoms with Crippen LogP contribution in [-0.2, 0) is 26.5 Å². The number of anilines is 3. The molecule has 0 saturated heterocycles. The van der Waals surface area contributed by atoms with Crippen LogP contribution >= 0.6 is 11.3 Å². The second kappa shape index (κ2) is 9.96. The quantitative estimate of drug-likeness (QED) is 0.178. The summed E-state index contributed by atoms with van der Waals surface area (Å²) in [7, 11) is 2.05. The summed E-state index contributed by atoms with van der Waals surface area (Å²) < 4.78 is 7.40. The molecule has 0 bridgehead atoms. The Hall–Kier alpha value is -3.14. The number of rotatable bonds is 4. The van der Waals surface area contributed by atoms with E-state index in [-0.39, 0.29) is 26.5 Å². The van der Waals surface area contributed by atoms with Crippen LogP contribution in [0.5, 0.6) is 10.8 Å². The normalized spacial score (nSPS) is 13.0. The van der Waals surface area contributed by atoms with Crippen molar-refractivity contribution in [3.8, 4) is 22.1 Å². The van der Waals surface area contributed by atoms with Gasteiger partial charge in [-0.2, -0.15) is 29.5 Å². The molecule has 3 aromatic carbocycles. The van der Waals surface area contributed by atoms with E-state index in [1.165, 1.54) is 5.56 Å². The minimum absolute atomic E-state index is 0. The monoisotopic (exact) mass is 683 g/mol. The van der Waals surface area contributed by atoms with Crippen LogP contribution in [0, 0.1) is 18.8 Å². The molecule has 0 N–H and O–H groups in total. The molecule has 0 aliphatic carbocycles. The van der Waals surface area contributed by atoms with Gasteiger partial charge in [-0.1, -0.05) is 43.7 Å².